The van der Waals surface area contributed by atoms with E-state index in [1.165, 1.54) is 0 Å². The quantitative estimate of drug-likeness (QED) is 0.660. The van der Waals surface area contributed by atoms with Crippen LogP contribution in [0.15, 0.2) is 19.7 Å². The van der Waals surface area contributed by atoms with Gasteiger partial charge in [0.2, 0.25) is 5.91 Å². The zero-order valence-corrected chi connectivity index (χ0v) is 17.4. The van der Waals surface area contributed by atoms with Crippen LogP contribution in [0.1, 0.15) is 41.9 Å². The molecule has 1 N–H and O–H groups in total. The van der Waals surface area contributed by atoms with Crippen LogP contribution in [0.2, 0.25) is 0 Å². The van der Waals surface area contributed by atoms with Gasteiger partial charge in [-0.2, -0.15) is 0 Å². The molecule has 0 aliphatic carbocycles. The number of carbonyl (C=O) groups is 2. The molecule has 154 valence electrons. The highest BCUT2D eigenvalue weighted by molar-refractivity contribution is 6.00. The third kappa shape index (κ3) is 3.52. The third-order valence-electron chi connectivity index (χ3n) is 5.52. The predicted molar refractivity (Wildman–Crippen MR) is 107 cm³/mol. The smallest absolute Gasteiger partial charge is 0.340 e. The van der Waals surface area contributed by atoms with Crippen LogP contribution in [-0.4, -0.2) is 17.9 Å². The molecular formula is C22H24NO6-. The van der Waals surface area contributed by atoms with E-state index in [0.717, 1.165) is 27.7 Å². The first-order valence-electron chi connectivity index (χ1n) is 9.48. The summed E-state index contributed by atoms with van der Waals surface area (Å²) >= 11 is 0. The SMILES string of the molecule is Cc1oc2c(C)c3oc(=O)c(CC(=O)N[C@H](C(=O)[O-])C(C)C)c(C)c3cc2c1C. The van der Waals surface area contributed by atoms with Crippen molar-refractivity contribution in [1.82, 2.24) is 5.32 Å². The summed E-state index contributed by atoms with van der Waals surface area (Å²) in [6, 6.07) is 0.773. The van der Waals surface area contributed by atoms with Crippen LogP contribution in [0.3, 0.4) is 0 Å². The zero-order chi connectivity index (χ0) is 21.6. The molecule has 0 saturated heterocycles. The van der Waals surface area contributed by atoms with Gasteiger partial charge in [0.15, 0.2) is 0 Å². The molecule has 0 spiro atoms. The fourth-order valence-corrected chi connectivity index (χ4v) is 3.58. The average Bonchev–Trinajstić information content (AvgIpc) is 2.92. The molecule has 0 bridgehead atoms. The topological polar surface area (TPSA) is 113 Å². The summed E-state index contributed by atoms with van der Waals surface area (Å²) in [6.07, 6.45) is -0.277. The molecule has 1 atom stereocenters. The Labute approximate surface area is 167 Å². The van der Waals surface area contributed by atoms with Gasteiger partial charge in [-0.25, -0.2) is 4.79 Å². The molecule has 1 aromatic carbocycles. The second kappa shape index (κ2) is 7.39. The number of furan rings is 1. The molecule has 0 aliphatic heterocycles. The number of nitrogens with one attached hydrogen (secondary N) is 1. The number of carboxylic acids is 1. The van der Waals surface area contributed by atoms with Gasteiger partial charge in [0, 0.05) is 16.3 Å². The van der Waals surface area contributed by atoms with E-state index in [1.807, 2.05) is 26.8 Å². The molecule has 7 heteroatoms. The largest absolute Gasteiger partial charge is 0.548 e. The molecule has 0 fully saturated rings. The van der Waals surface area contributed by atoms with E-state index in [2.05, 4.69) is 5.32 Å². The highest BCUT2D eigenvalue weighted by atomic mass is 16.4. The molecule has 0 aliphatic rings. The second-order valence-corrected chi connectivity index (χ2v) is 7.82. The lowest BCUT2D eigenvalue weighted by molar-refractivity contribution is -0.309. The van der Waals surface area contributed by atoms with E-state index >= 15 is 0 Å². The van der Waals surface area contributed by atoms with Crippen molar-refractivity contribution in [1.29, 1.82) is 0 Å². The molecule has 2 heterocycles. The number of carbonyl (C=O) groups excluding carboxylic acids is 2. The Kier molecular flexibility index (Phi) is 5.26. The number of hydrogen-bond donors (Lipinski definition) is 1. The molecule has 0 radical (unpaired) electrons. The van der Waals surface area contributed by atoms with Crippen LogP contribution in [0.5, 0.6) is 0 Å². The number of amides is 1. The lowest BCUT2D eigenvalue weighted by atomic mass is 9.98. The van der Waals surface area contributed by atoms with Crippen molar-refractivity contribution in [3.8, 4) is 0 Å². The Morgan fingerprint density at radius 3 is 2.17 bits per heavy atom. The maximum atomic E-state index is 12.6. The van der Waals surface area contributed by atoms with Gasteiger partial charge in [-0.05, 0) is 50.8 Å². The molecule has 1 amide bonds. The maximum absolute atomic E-state index is 12.6. The van der Waals surface area contributed by atoms with Crippen molar-refractivity contribution in [2.24, 2.45) is 5.92 Å². The molecule has 2 aromatic heterocycles. The minimum atomic E-state index is -1.36. The Hall–Kier alpha value is -3.09. The molecule has 29 heavy (non-hydrogen) atoms. The minimum Gasteiger partial charge on any atom is -0.548 e. The van der Waals surface area contributed by atoms with Crippen LogP contribution >= 0.6 is 0 Å². The van der Waals surface area contributed by atoms with Crippen LogP contribution in [0, 0.1) is 33.6 Å². The van der Waals surface area contributed by atoms with Gasteiger partial charge >= 0.3 is 5.63 Å². The monoisotopic (exact) mass is 398 g/mol. The molecule has 7 nitrogen and oxygen atoms in total. The lowest BCUT2D eigenvalue weighted by Gasteiger charge is -2.23. The van der Waals surface area contributed by atoms with E-state index in [0.29, 0.717) is 16.7 Å². The molecular weight excluding hydrogens is 374 g/mol. The highest BCUT2D eigenvalue weighted by Crippen LogP contribution is 2.34. The lowest BCUT2D eigenvalue weighted by Crippen LogP contribution is -2.51. The number of benzene rings is 1. The number of aryl methyl sites for hydroxylation is 4. The number of rotatable bonds is 5. The third-order valence-corrected chi connectivity index (χ3v) is 5.52. The fraction of sp³-hybridized carbons (Fsp3) is 0.409. The van der Waals surface area contributed by atoms with Gasteiger partial charge < -0.3 is 24.1 Å². The molecule has 0 saturated carbocycles. The summed E-state index contributed by atoms with van der Waals surface area (Å²) in [5.74, 6) is -1.49. The summed E-state index contributed by atoms with van der Waals surface area (Å²) in [4.78, 5) is 36.2. The maximum Gasteiger partial charge on any atom is 0.340 e. The van der Waals surface area contributed by atoms with E-state index in [4.69, 9.17) is 8.83 Å². The van der Waals surface area contributed by atoms with Crippen molar-refractivity contribution in [3.63, 3.8) is 0 Å². The van der Waals surface area contributed by atoms with E-state index in [9.17, 15) is 19.5 Å². The van der Waals surface area contributed by atoms with Gasteiger partial charge in [0.05, 0.1) is 24.0 Å². The summed E-state index contributed by atoms with van der Waals surface area (Å²) < 4.78 is 11.4. The van der Waals surface area contributed by atoms with Gasteiger partial charge in [0.25, 0.3) is 0 Å². The van der Waals surface area contributed by atoms with Crippen LogP contribution in [0.25, 0.3) is 21.9 Å². The Morgan fingerprint density at radius 2 is 1.59 bits per heavy atom. The van der Waals surface area contributed by atoms with Gasteiger partial charge in [-0.3, -0.25) is 4.79 Å². The summed E-state index contributed by atoms with van der Waals surface area (Å²) in [5.41, 5.74) is 3.03. The number of carboxylic acid groups (broad SMARTS) is 1. The van der Waals surface area contributed by atoms with E-state index in [-0.39, 0.29) is 17.9 Å². The summed E-state index contributed by atoms with van der Waals surface area (Å²) in [7, 11) is 0. The fourth-order valence-electron chi connectivity index (χ4n) is 3.58. The van der Waals surface area contributed by atoms with Gasteiger partial charge in [-0.15, -0.1) is 0 Å². The van der Waals surface area contributed by atoms with Gasteiger partial charge in [0.1, 0.15) is 16.9 Å². The first-order chi connectivity index (χ1) is 13.5. The first-order valence-corrected chi connectivity index (χ1v) is 9.48. The zero-order valence-electron chi connectivity index (χ0n) is 17.4. The Balaban J connectivity index is 2.09. The van der Waals surface area contributed by atoms with E-state index in [1.54, 1.807) is 20.8 Å². The standard InChI is InChI=1S/C22H25NO6/c1-9(2)18(21(25)26)23-17(24)8-16-11(4)15-7-14-10(3)13(6)28-19(14)12(5)20(15)29-22(16)27/h7,9,18H,8H2,1-6H3,(H,23,24)(H,25,26)/p-1/t18-/m0/s1. The van der Waals surface area contributed by atoms with Crippen molar-refractivity contribution in [3.05, 3.63) is 44.5 Å². The van der Waals surface area contributed by atoms with Crippen LogP contribution in [-0.2, 0) is 16.0 Å². The number of fused-ring (bicyclic) bond motifs is 2. The summed E-state index contributed by atoms with van der Waals surface area (Å²) in [6.45, 7) is 10.8. The van der Waals surface area contributed by atoms with Crippen molar-refractivity contribution in [2.75, 3.05) is 0 Å². The van der Waals surface area contributed by atoms with Crippen LogP contribution < -0.4 is 16.0 Å². The minimum absolute atomic E-state index is 0.201. The van der Waals surface area contributed by atoms with Crippen molar-refractivity contribution < 1.29 is 23.5 Å². The van der Waals surface area contributed by atoms with Crippen LogP contribution in [0.4, 0.5) is 0 Å². The predicted octanol–water partition coefficient (Wildman–Crippen LogP) is 2.21. The highest BCUT2D eigenvalue weighted by Gasteiger charge is 2.22. The molecule has 0 unspecified atom stereocenters. The molecule has 3 rings (SSSR count). The normalized spacial score (nSPS) is 12.7. The molecule has 3 aromatic rings. The average molecular weight is 398 g/mol. The summed E-state index contributed by atoms with van der Waals surface area (Å²) in [5, 5.41) is 15.3. The Morgan fingerprint density at radius 1 is 1.00 bits per heavy atom. The number of aliphatic carboxylic acids is 1. The van der Waals surface area contributed by atoms with E-state index < -0.39 is 23.5 Å². The van der Waals surface area contributed by atoms with Crippen molar-refractivity contribution >= 4 is 33.8 Å². The van der Waals surface area contributed by atoms with Crippen molar-refractivity contribution in [2.45, 2.75) is 54.0 Å². The van der Waals surface area contributed by atoms with Gasteiger partial charge in [-0.1, -0.05) is 13.8 Å². The Bertz CT molecular complexity index is 1200. The number of hydrogen-bond acceptors (Lipinski definition) is 6. The first kappa shape index (κ1) is 20.6. The second-order valence-electron chi connectivity index (χ2n) is 7.82.